The standard InChI is InChI=1S/C18H29N3O3S/c1-16(2)15-21(25(3,23)24)10-9-18(22)20-13-11-19(12-14-20)17-7-5-4-6-8-17/h4-8,16H,9-15H2,1-3H3. The molecule has 0 radical (unpaired) electrons. The molecule has 7 heteroatoms. The summed E-state index contributed by atoms with van der Waals surface area (Å²) in [5, 5.41) is 0. The number of para-hydroxylation sites is 1. The minimum Gasteiger partial charge on any atom is -0.368 e. The Morgan fingerprint density at radius 2 is 1.72 bits per heavy atom. The summed E-state index contributed by atoms with van der Waals surface area (Å²) in [5.41, 5.74) is 1.18. The molecule has 1 heterocycles. The van der Waals surface area contributed by atoms with Crippen LogP contribution in [0.15, 0.2) is 30.3 Å². The van der Waals surface area contributed by atoms with Gasteiger partial charge in [0, 0.05) is 51.4 Å². The summed E-state index contributed by atoms with van der Waals surface area (Å²) in [5.74, 6) is 0.268. The third-order valence-electron chi connectivity index (χ3n) is 4.37. The lowest BCUT2D eigenvalue weighted by molar-refractivity contribution is -0.131. The van der Waals surface area contributed by atoms with Crippen LogP contribution in [0.3, 0.4) is 0 Å². The number of carbonyl (C=O) groups is 1. The molecule has 140 valence electrons. The molecule has 0 bridgehead atoms. The second kappa shape index (κ2) is 8.67. The number of anilines is 1. The number of amides is 1. The third-order valence-corrected chi connectivity index (χ3v) is 5.64. The van der Waals surface area contributed by atoms with Gasteiger partial charge < -0.3 is 9.80 Å². The highest BCUT2D eigenvalue weighted by Gasteiger charge is 2.24. The second-order valence-electron chi connectivity index (χ2n) is 6.97. The number of carbonyl (C=O) groups excluding carboxylic acids is 1. The van der Waals surface area contributed by atoms with Gasteiger partial charge in [-0.1, -0.05) is 32.0 Å². The minimum absolute atomic E-state index is 0.0325. The SMILES string of the molecule is CC(C)CN(CCC(=O)N1CCN(c2ccccc2)CC1)S(C)(=O)=O. The summed E-state index contributed by atoms with van der Waals surface area (Å²) in [7, 11) is -3.28. The monoisotopic (exact) mass is 367 g/mol. The Morgan fingerprint density at radius 3 is 2.24 bits per heavy atom. The van der Waals surface area contributed by atoms with Crippen LogP contribution >= 0.6 is 0 Å². The Bertz CT molecular complexity index is 653. The zero-order valence-electron chi connectivity index (χ0n) is 15.4. The van der Waals surface area contributed by atoms with Crippen molar-refractivity contribution in [2.75, 3.05) is 50.4 Å². The van der Waals surface area contributed by atoms with Gasteiger partial charge in [0.2, 0.25) is 15.9 Å². The van der Waals surface area contributed by atoms with E-state index in [1.807, 2.05) is 36.9 Å². The van der Waals surface area contributed by atoms with Gasteiger partial charge in [0.1, 0.15) is 0 Å². The predicted octanol–water partition coefficient (Wildman–Crippen LogP) is 1.64. The van der Waals surface area contributed by atoms with Crippen molar-refractivity contribution in [2.24, 2.45) is 5.92 Å². The molecule has 1 fully saturated rings. The van der Waals surface area contributed by atoms with Crippen LogP contribution in [0, 0.1) is 5.92 Å². The van der Waals surface area contributed by atoms with Crippen molar-refractivity contribution in [3.63, 3.8) is 0 Å². The zero-order chi connectivity index (χ0) is 18.4. The van der Waals surface area contributed by atoms with Crippen molar-refractivity contribution in [1.82, 2.24) is 9.21 Å². The molecule has 1 saturated heterocycles. The summed E-state index contributed by atoms with van der Waals surface area (Å²) in [6, 6.07) is 10.2. The number of hydrogen-bond donors (Lipinski definition) is 0. The molecule has 1 aliphatic rings. The number of nitrogens with zero attached hydrogens (tertiary/aromatic N) is 3. The van der Waals surface area contributed by atoms with Gasteiger partial charge in [-0.3, -0.25) is 4.79 Å². The summed E-state index contributed by atoms with van der Waals surface area (Å²) in [4.78, 5) is 16.6. The number of piperazine rings is 1. The maximum absolute atomic E-state index is 12.4. The maximum Gasteiger partial charge on any atom is 0.224 e. The van der Waals surface area contributed by atoms with Gasteiger partial charge in [-0.25, -0.2) is 12.7 Å². The van der Waals surface area contributed by atoms with Crippen molar-refractivity contribution in [3.8, 4) is 0 Å². The van der Waals surface area contributed by atoms with Gasteiger partial charge in [0.25, 0.3) is 0 Å². The fourth-order valence-electron chi connectivity index (χ4n) is 3.03. The van der Waals surface area contributed by atoms with Gasteiger partial charge in [-0.2, -0.15) is 0 Å². The molecular weight excluding hydrogens is 338 g/mol. The Kier molecular flexibility index (Phi) is 6.84. The number of rotatable bonds is 7. The predicted molar refractivity (Wildman–Crippen MR) is 101 cm³/mol. The van der Waals surface area contributed by atoms with E-state index in [4.69, 9.17) is 0 Å². The average Bonchev–Trinajstić information content (AvgIpc) is 2.58. The molecule has 0 atom stereocenters. The largest absolute Gasteiger partial charge is 0.368 e. The highest BCUT2D eigenvalue weighted by atomic mass is 32.2. The Morgan fingerprint density at radius 1 is 1.12 bits per heavy atom. The molecule has 25 heavy (non-hydrogen) atoms. The van der Waals surface area contributed by atoms with Crippen LogP contribution in [0.2, 0.25) is 0 Å². The highest BCUT2D eigenvalue weighted by Crippen LogP contribution is 2.16. The van der Waals surface area contributed by atoms with Crippen molar-refractivity contribution < 1.29 is 13.2 Å². The normalized spacial score (nSPS) is 15.9. The summed E-state index contributed by atoms with van der Waals surface area (Å²) < 4.78 is 25.1. The molecule has 1 aliphatic heterocycles. The summed E-state index contributed by atoms with van der Waals surface area (Å²) >= 11 is 0. The van der Waals surface area contributed by atoms with Crippen LogP contribution < -0.4 is 4.90 Å². The minimum atomic E-state index is -3.28. The first kappa shape index (κ1) is 19.7. The molecule has 0 spiro atoms. The Labute approximate surface area is 151 Å². The van der Waals surface area contributed by atoms with E-state index in [0.29, 0.717) is 19.6 Å². The third kappa shape index (κ3) is 6.01. The fourth-order valence-corrected chi connectivity index (χ4v) is 4.02. The van der Waals surface area contributed by atoms with Crippen molar-refractivity contribution in [2.45, 2.75) is 20.3 Å². The zero-order valence-corrected chi connectivity index (χ0v) is 16.2. The first-order chi connectivity index (χ1) is 11.8. The van der Waals surface area contributed by atoms with E-state index in [0.717, 1.165) is 13.1 Å². The van der Waals surface area contributed by atoms with Gasteiger partial charge in [0.05, 0.1) is 6.26 Å². The van der Waals surface area contributed by atoms with Crippen LogP contribution in [0.25, 0.3) is 0 Å². The van der Waals surface area contributed by atoms with Crippen LogP contribution in [-0.2, 0) is 14.8 Å². The van der Waals surface area contributed by atoms with E-state index in [9.17, 15) is 13.2 Å². The van der Waals surface area contributed by atoms with Crippen LogP contribution in [0.1, 0.15) is 20.3 Å². The molecule has 0 unspecified atom stereocenters. The number of hydrogen-bond acceptors (Lipinski definition) is 4. The lowest BCUT2D eigenvalue weighted by atomic mass is 10.2. The van der Waals surface area contributed by atoms with E-state index < -0.39 is 10.0 Å². The molecule has 1 amide bonds. The lowest BCUT2D eigenvalue weighted by Gasteiger charge is -2.36. The molecule has 1 aromatic carbocycles. The summed E-state index contributed by atoms with van der Waals surface area (Å²) in [6.45, 7) is 7.62. The van der Waals surface area contributed by atoms with Gasteiger partial charge in [0.15, 0.2) is 0 Å². The van der Waals surface area contributed by atoms with Crippen molar-refractivity contribution >= 4 is 21.6 Å². The molecule has 1 aromatic rings. The Hall–Kier alpha value is -1.60. The topological polar surface area (TPSA) is 60.9 Å². The molecule has 0 saturated carbocycles. The van der Waals surface area contributed by atoms with Crippen LogP contribution in [0.4, 0.5) is 5.69 Å². The van der Waals surface area contributed by atoms with Crippen LogP contribution in [-0.4, -0.2) is 69.1 Å². The van der Waals surface area contributed by atoms with E-state index in [-0.39, 0.29) is 24.8 Å². The number of sulfonamides is 1. The van der Waals surface area contributed by atoms with Gasteiger partial charge in [-0.15, -0.1) is 0 Å². The van der Waals surface area contributed by atoms with E-state index in [2.05, 4.69) is 17.0 Å². The first-order valence-electron chi connectivity index (χ1n) is 8.80. The lowest BCUT2D eigenvalue weighted by Crippen LogP contribution is -2.49. The molecule has 0 aromatic heterocycles. The average molecular weight is 368 g/mol. The second-order valence-corrected chi connectivity index (χ2v) is 8.95. The van der Waals surface area contributed by atoms with Gasteiger partial charge in [-0.05, 0) is 18.1 Å². The first-order valence-corrected chi connectivity index (χ1v) is 10.6. The fraction of sp³-hybridized carbons (Fsp3) is 0.611. The molecular formula is C18H29N3O3S. The molecule has 2 rings (SSSR count). The van der Waals surface area contributed by atoms with Crippen molar-refractivity contribution in [1.29, 1.82) is 0 Å². The van der Waals surface area contributed by atoms with Crippen LogP contribution in [0.5, 0.6) is 0 Å². The van der Waals surface area contributed by atoms with E-state index in [1.54, 1.807) is 0 Å². The van der Waals surface area contributed by atoms with E-state index >= 15 is 0 Å². The molecule has 6 nitrogen and oxygen atoms in total. The molecule has 0 N–H and O–H groups in total. The molecule has 0 aliphatic carbocycles. The highest BCUT2D eigenvalue weighted by molar-refractivity contribution is 7.88. The Balaban J connectivity index is 1.84. The maximum atomic E-state index is 12.4. The van der Waals surface area contributed by atoms with Gasteiger partial charge >= 0.3 is 0 Å². The summed E-state index contributed by atoms with van der Waals surface area (Å²) in [6.07, 6.45) is 1.45. The smallest absolute Gasteiger partial charge is 0.224 e. The van der Waals surface area contributed by atoms with Crippen molar-refractivity contribution in [3.05, 3.63) is 30.3 Å². The quantitative estimate of drug-likeness (QED) is 0.735. The van der Waals surface area contributed by atoms with E-state index in [1.165, 1.54) is 16.2 Å². The number of benzene rings is 1.